The molecule has 0 unspecified atom stereocenters. The van der Waals surface area contributed by atoms with E-state index in [-0.39, 0.29) is 5.92 Å². The van der Waals surface area contributed by atoms with Crippen molar-refractivity contribution in [2.24, 2.45) is 5.92 Å². The van der Waals surface area contributed by atoms with Crippen molar-refractivity contribution in [1.82, 2.24) is 15.1 Å². The van der Waals surface area contributed by atoms with Crippen molar-refractivity contribution in [3.05, 3.63) is 23.0 Å². The van der Waals surface area contributed by atoms with Gasteiger partial charge in [-0.15, -0.1) is 5.10 Å². The van der Waals surface area contributed by atoms with Crippen LogP contribution in [0.1, 0.15) is 18.5 Å². The van der Waals surface area contributed by atoms with E-state index in [0.717, 1.165) is 18.8 Å². The average molecular weight is 256 g/mol. The lowest BCUT2D eigenvalue weighted by Gasteiger charge is -2.29. The third-order valence-corrected chi connectivity index (χ3v) is 3.21. The monoisotopic (exact) mass is 255 g/mol. The number of halogens is 1. The largest absolute Gasteiger partial charge is 0.481 e. The van der Waals surface area contributed by atoms with E-state index in [0.29, 0.717) is 24.5 Å². The first-order chi connectivity index (χ1) is 8.15. The van der Waals surface area contributed by atoms with Crippen molar-refractivity contribution in [3.8, 4) is 0 Å². The number of hydrogen-bond acceptors (Lipinski definition) is 4. The van der Waals surface area contributed by atoms with Crippen LogP contribution in [-0.4, -0.2) is 39.3 Å². The fourth-order valence-corrected chi connectivity index (χ4v) is 2.10. The molecule has 0 spiro atoms. The minimum Gasteiger partial charge on any atom is -0.481 e. The van der Waals surface area contributed by atoms with Crippen LogP contribution in [0.25, 0.3) is 0 Å². The fraction of sp³-hybridized carbons (Fsp3) is 0.545. The zero-order chi connectivity index (χ0) is 12.3. The highest BCUT2D eigenvalue weighted by molar-refractivity contribution is 6.29. The lowest BCUT2D eigenvalue weighted by molar-refractivity contribution is -0.143. The van der Waals surface area contributed by atoms with Crippen LogP contribution in [0.2, 0.25) is 5.15 Å². The summed E-state index contributed by atoms with van der Waals surface area (Å²) in [5, 5.41) is 17.0. The number of nitrogens with zero attached hydrogens (tertiary/aromatic N) is 3. The smallest absolute Gasteiger partial charge is 0.306 e. The highest BCUT2D eigenvalue weighted by Gasteiger charge is 2.24. The van der Waals surface area contributed by atoms with Gasteiger partial charge in [-0.3, -0.25) is 9.69 Å². The number of likely N-dealkylation sites (tertiary alicyclic amines) is 1. The molecule has 1 aromatic rings. The van der Waals surface area contributed by atoms with Crippen LogP contribution in [0.3, 0.4) is 0 Å². The SMILES string of the molecule is O=C(O)C1CCN(Cc2ccc(Cl)nn2)CC1. The molecule has 1 saturated heterocycles. The number of aliphatic carboxylic acids is 1. The summed E-state index contributed by atoms with van der Waals surface area (Å²) < 4.78 is 0. The maximum Gasteiger partial charge on any atom is 0.306 e. The molecule has 0 saturated carbocycles. The van der Waals surface area contributed by atoms with Gasteiger partial charge in [0, 0.05) is 6.54 Å². The van der Waals surface area contributed by atoms with Gasteiger partial charge < -0.3 is 5.11 Å². The normalized spacial score (nSPS) is 18.2. The molecule has 2 rings (SSSR count). The molecule has 1 aliphatic heterocycles. The maximum absolute atomic E-state index is 10.8. The van der Waals surface area contributed by atoms with Gasteiger partial charge in [-0.1, -0.05) is 11.6 Å². The Morgan fingerprint density at radius 1 is 1.41 bits per heavy atom. The van der Waals surface area contributed by atoms with Gasteiger partial charge in [-0.05, 0) is 38.1 Å². The second-order valence-electron chi connectivity index (χ2n) is 4.24. The summed E-state index contributed by atoms with van der Waals surface area (Å²) in [4.78, 5) is 13.0. The molecule has 1 fully saturated rings. The van der Waals surface area contributed by atoms with E-state index >= 15 is 0 Å². The van der Waals surface area contributed by atoms with E-state index in [4.69, 9.17) is 16.7 Å². The molecular formula is C11H14ClN3O2. The summed E-state index contributed by atoms with van der Waals surface area (Å²) in [5.41, 5.74) is 0.864. The predicted molar refractivity (Wildman–Crippen MR) is 62.7 cm³/mol. The van der Waals surface area contributed by atoms with E-state index < -0.39 is 5.97 Å². The standard InChI is InChI=1S/C11H14ClN3O2/c12-10-2-1-9(13-14-10)7-15-5-3-8(4-6-15)11(16)17/h1-2,8H,3-7H2,(H,16,17). The minimum atomic E-state index is -0.684. The topological polar surface area (TPSA) is 66.3 Å². The second-order valence-corrected chi connectivity index (χ2v) is 4.62. The first-order valence-corrected chi connectivity index (χ1v) is 5.96. The van der Waals surface area contributed by atoms with Gasteiger partial charge in [0.1, 0.15) is 0 Å². The summed E-state index contributed by atoms with van der Waals surface area (Å²) in [5.74, 6) is -0.876. The summed E-state index contributed by atoms with van der Waals surface area (Å²) in [6, 6.07) is 3.56. The van der Waals surface area contributed by atoms with Crippen molar-refractivity contribution in [2.45, 2.75) is 19.4 Å². The lowest BCUT2D eigenvalue weighted by atomic mass is 9.97. The van der Waals surface area contributed by atoms with E-state index in [9.17, 15) is 4.79 Å². The summed E-state index contributed by atoms with van der Waals surface area (Å²) in [6.45, 7) is 2.29. The minimum absolute atomic E-state index is 0.192. The molecule has 1 N–H and O–H groups in total. The molecular weight excluding hydrogens is 242 g/mol. The van der Waals surface area contributed by atoms with Crippen molar-refractivity contribution in [3.63, 3.8) is 0 Å². The molecule has 0 aromatic carbocycles. The Kier molecular flexibility index (Phi) is 3.91. The Morgan fingerprint density at radius 2 is 2.12 bits per heavy atom. The Morgan fingerprint density at radius 3 is 2.65 bits per heavy atom. The van der Waals surface area contributed by atoms with Crippen LogP contribution in [0.15, 0.2) is 12.1 Å². The third kappa shape index (κ3) is 3.38. The van der Waals surface area contributed by atoms with Gasteiger partial charge in [0.2, 0.25) is 0 Å². The first kappa shape index (κ1) is 12.3. The van der Waals surface area contributed by atoms with Crippen LogP contribution in [0.4, 0.5) is 0 Å². The molecule has 6 heteroatoms. The Bertz CT molecular complexity index is 388. The lowest BCUT2D eigenvalue weighted by Crippen LogP contribution is -2.36. The van der Waals surface area contributed by atoms with Gasteiger partial charge in [-0.2, -0.15) is 5.10 Å². The molecule has 0 amide bonds. The van der Waals surface area contributed by atoms with Gasteiger partial charge in [0.05, 0.1) is 11.6 Å². The third-order valence-electron chi connectivity index (χ3n) is 3.01. The molecule has 0 bridgehead atoms. The summed E-state index contributed by atoms with van der Waals surface area (Å²) >= 11 is 5.66. The highest BCUT2D eigenvalue weighted by atomic mass is 35.5. The highest BCUT2D eigenvalue weighted by Crippen LogP contribution is 2.18. The molecule has 2 heterocycles. The number of aromatic nitrogens is 2. The molecule has 17 heavy (non-hydrogen) atoms. The summed E-state index contributed by atoms with van der Waals surface area (Å²) in [7, 11) is 0. The van der Waals surface area contributed by atoms with Gasteiger partial charge in [0.25, 0.3) is 0 Å². The van der Waals surface area contributed by atoms with E-state index in [2.05, 4.69) is 15.1 Å². The van der Waals surface area contributed by atoms with Crippen LogP contribution < -0.4 is 0 Å². The van der Waals surface area contributed by atoms with Crippen LogP contribution in [0.5, 0.6) is 0 Å². The number of carboxylic acids is 1. The average Bonchev–Trinajstić information content (AvgIpc) is 2.33. The van der Waals surface area contributed by atoms with E-state index in [1.807, 2.05) is 6.07 Å². The molecule has 1 aliphatic rings. The molecule has 1 aromatic heterocycles. The molecule has 0 atom stereocenters. The van der Waals surface area contributed by atoms with Crippen molar-refractivity contribution in [2.75, 3.05) is 13.1 Å². The zero-order valence-corrected chi connectivity index (χ0v) is 10.1. The number of piperidine rings is 1. The Hall–Kier alpha value is -1.20. The van der Waals surface area contributed by atoms with Gasteiger partial charge in [-0.25, -0.2) is 0 Å². The number of rotatable bonds is 3. The molecule has 92 valence electrons. The molecule has 5 nitrogen and oxygen atoms in total. The van der Waals surface area contributed by atoms with E-state index in [1.54, 1.807) is 6.07 Å². The van der Waals surface area contributed by atoms with E-state index in [1.165, 1.54) is 0 Å². The first-order valence-electron chi connectivity index (χ1n) is 5.58. The quantitative estimate of drug-likeness (QED) is 0.885. The van der Waals surface area contributed by atoms with Crippen LogP contribution in [-0.2, 0) is 11.3 Å². The van der Waals surface area contributed by atoms with Gasteiger partial charge >= 0.3 is 5.97 Å². The maximum atomic E-state index is 10.8. The van der Waals surface area contributed by atoms with Crippen LogP contribution >= 0.6 is 11.6 Å². The van der Waals surface area contributed by atoms with Crippen molar-refractivity contribution in [1.29, 1.82) is 0 Å². The second kappa shape index (κ2) is 5.42. The Balaban J connectivity index is 1.85. The van der Waals surface area contributed by atoms with Gasteiger partial charge in [0.15, 0.2) is 5.15 Å². The number of hydrogen-bond donors (Lipinski definition) is 1. The Labute approximate surface area is 104 Å². The van der Waals surface area contributed by atoms with Crippen molar-refractivity contribution >= 4 is 17.6 Å². The predicted octanol–water partition coefficient (Wildman–Crippen LogP) is 1.43. The molecule has 0 radical (unpaired) electrons. The molecule has 0 aliphatic carbocycles. The van der Waals surface area contributed by atoms with Crippen molar-refractivity contribution < 1.29 is 9.90 Å². The fourth-order valence-electron chi connectivity index (χ4n) is 2.00. The zero-order valence-electron chi connectivity index (χ0n) is 9.34. The number of carboxylic acid groups (broad SMARTS) is 1. The summed E-state index contributed by atoms with van der Waals surface area (Å²) in [6.07, 6.45) is 1.41. The number of carbonyl (C=O) groups is 1. The van der Waals surface area contributed by atoms with Crippen LogP contribution in [0, 0.1) is 5.92 Å².